The van der Waals surface area contributed by atoms with E-state index in [0.717, 1.165) is 12.8 Å². The maximum Gasteiger partial charge on any atom is 0.240 e. The highest BCUT2D eigenvalue weighted by molar-refractivity contribution is 6.31. The van der Waals surface area contributed by atoms with E-state index in [4.69, 9.17) is 16.1 Å². The number of hydrogen-bond donors (Lipinski definition) is 0. The van der Waals surface area contributed by atoms with E-state index in [2.05, 4.69) is 15.0 Å². The summed E-state index contributed by atoms with van der Waals surface area (Å²) in [6.45, 7) is 2.76. The molecule has 0 spiro atoms. The van der Waals surface area contributed by atoms with Crippen molar-refractivity contribution in [2.45, 2.75) is 38.9 Å². The van der Waals surface area contributed by atoms with Crippen LogP contribution in [-0.2, 0) is 13.1 Å². The van der Waals surface area contributed by atoms with Gasteiger partial charge < -0.3 is 4.52 Å². The van der Waals surface area contributed by atoms with Crippen LogP contribution in [-0.4, -0.2) is 21.1 Å². The Labute approximate surface area is 121 Å². The Hall–Kier alpha value is -1.46. The molecule has 1 aromatic heterocycles. The van der Waals surface area contributed by atoms with Crippen molar-refractivity contribution in [3.05, 3.63) is 46.3 Å². The minimum absolute atomic E-state index is 0.273. The fraction of sp³-hybridized carbons (Fsp3) is 0.429. The van der Waals surface area contributed by atoms with Crippen molar-refractivity contribution >= 4 is 11.6 Å². The normalized spacial score (nSPS) is 15.0. The second-order valence-electron chi connectivity index (χ2n) is 5.07. The average Bonchev–Trinajstić information content (AvgIpc) is 3.17. The van der Waals surface area contributed by atoms with E-state index in [-0.39, 0.29) is 5.82 Å². The molecule has 3 rings (SSSR count). The van der Waals surface area contributed by atoms with Crippen LogP contribution in [0.3, 0.4) is 0 Å². The second-order valence-corrected chi connectivity index (χ2v) is 5.48. The molecule has 6 heteroatoms. The minimum Gasteiger partial charge on any atom is -0.338 e. The molecule has 0 atom stereocenters. The highest BCUT2D eigenvalue weighted by atomic mass is 35.5. The first-order chi connectivity index (χ1) is 9.63. The summed E-state index contributed by atoms with van der Waals surface area (Å²) in [5, 5.41) is 4.23. The van der Waals surface area contributed by atoms with Crippen molar-refractivity contribution in [2.75, 3.05) is 0 Å². The fourth-order valence-electron chi connectivity index (χ4n) is 2.22. The zero-order valence-electron chi connectivity index (χ0n) is 11.1. The Morgan fingerprint density at radius 1 is 1.40 bits per heavy atom. The smallest absolute Gasteiger partial charge is 0.240 e. The van der Waals surface area contributed by atoms with Gasteiger partial charge in [0.05, 0.1) is 6.54 Å². The summed E-state index contributed by atoms with van der Waals surface area (Å²) >= 11 is 6.09. The third-order valence-electron chi connectivity index (χ3n) is 3.39. The molecule has 4 nitrogen and oxygen atoms in total. The number of halogens is 2. The lowest BCUT2D eigenvalue weighted by Gasteiger charge is -2.20. The van der Waals surface area contributed by atoms with Crippen molar-refractivity contribution in [1.29, 1.82) is 0 Å². The Morgan fingerprint density at radius 3 is 2.80 bits per heavy atom. The third kappa shape index (κ3) is 2.99. The lowest BCUT2D eigenvalue weighted by Crippen LogP contribution is -2.26. The van der Waals surface area contributed by atoms with Crippen LogP contribution in [0.2, 0.25) is 5.02 Å². The predicted octanol–water partition coefficient (Wildman–Crippen LogP) is 3.34. The summed E-state index contributed by atoms with van der Waals surface area (Å²) in [6.07, 6.45) is 2.22. The number of hydrogen-bond acceptors (Lipinski definition) is 4. The molecule has 0 saturated heterocycles. The van der Waals surface area contributed by atoms with Gasteiger partial charge >= 0.3 is 0 Å². The van der Waals surface area contributed by atoms with Crippen LogP contribution in [0, 0.1) is 12.7 Å². The van der Waals surface area contributed by atoms with Gasteiger partial charge in [-0.1, -0.05) is 22.8 Å². The lowest BCUT2D eigenvalue weighted by molar-refractivity contribution is 0.207. The Balaban J connectivity index is 1.78. The number of rotatable bonds is 5. The Morgan fingerprint density at radius 2 is 2.20 bits per heavy atom. The van der Waals surface area contributed by atoms with Gasteiger partial charge in [-0.3, -0.25) is 4.90 Å². The second kappa shape index (κ2) is 5.50. The molecule has 0 N–H and O–H groups in total. The van der Waals surface area contributed by atoms with Crippen molar-refractivity contribution in [3.63, 3.8) is 0 Å². The van der Waals surface area contributed by atoms with Gasteiger partial charge in [0.2, 0.25) is 5.89 Å². The maximum atomic E-state index is 13.9. The summed E-state index contributed by atoms with van der Waals surface area (Å²) in [5.74, 6) is 0.895. The van der Waals surface area contributed by atoms with Crippen LogP contribution in [0.15, 0.2) is 22.7 Å². The topological polar surface area (TPSA) is 42.2 Å². The van der Waals surface area contributed by atoms with Gasteiger partial charge in [0.25, 0.3) is 0 Å². The molecule has 1 saturated carbocycles. The largest absolute Gasteiger partial charge is 0.338 e. The summed E-state index contributed by atoms with van der Waals surface area (Å²) in [5.41, 5.74) is 0.525. The molecule has 0 radical (unpaired) electrons. The average molecular weight is 296 g/mol. The minimum atomic E-state index is -0.273. The molecule has 0 unspecified atom stereocenters. The van der Waals surface area contributed by atoms with Crippen molar-refractivity contribution in [3.8, 4) is 0 Å². The van der Waals surface area contributed by atoms with Crippen molar-refractivity contribution in [2.24, 2.45) is 0 Å². The number of aryl methyl sites for hydroxylation is 1. The molecule has 0 aliphatic heterocycles. The van der Waals surface area contributed by atoms with E-state index < -0.39 is 0 Å². The van der Waals surface area contributed by atoms with E-state index in [1.165, 1.54) is 6.07 Å². The Kier molecular flexibility index (Phi) is 3.72. The first-order valence-corrected chi connectivity index (χ1v) is 6.97. The summed E-state index contributed by atoms with van der Waals surface area (Å²) in [6, 6.07) is 5.20. The quantitative estimate of drug-likeness (QED) is 0.848. The first kappa shape index (κ1) is 13.5. The highest BCUT2D eigenvalue weighted by Gasteiger charge is 2.31. The molecule has 0 bridgehead atoms. The molecule has 20 heavy (non-hydrogen) atoms. The van der Waals surface area contributed by atoms with E-state index in [1.54, 1.807) is 19.1 Å². The van der Waals surface area contributed by atoms with Crippen LogP contribution < -0.4 is 0 Å². The number of benzene rings is 1. The van der Waals surface area contributed by atoms with Gasteiger partial charge in [0, 0.05) is 23.2 Å². The predicted molar refractivity (Wildman–Crippen MR) is 72.7 cm³/mol. The SMILES string of the molecule is Cc1noc(CN(Cc2c(F)cccc2Cl)C2CC2)n1. The van der Waals surface area contributed by atoms with Gasteiger partial charge in [-0.15, -0.1) is 0 Å². The van der Waals surface area contributed by atoms with Crippen LogP contribution >= 0.6 is 11.6 Å². The molecular weight excluding hydrogens is 281 g/mol. The van der Waals surface area contributed by atoms with E-state index in [9.17, 15) is 4.39 Å². The van der Waals surface area contributed by atoms with Gasteiger partial charge in [-0.05, 0) is 31.9 Å². The van der Waals surface area contributed by atoms with Crippen molar-refractivity contribution in [1.82, 2.24) is 15.0 Å². The monoisotopic (exact) mass is 295 g/mol. The molecule has 106 valence electrons. The van der Waals surface area contributed by atoms with Gasteiger partial charge in [0.1, 0.15) is 5.82 Å². The fourth-order valence-corrected chi connectivity index (χ4v) is 2.44. The standard InChI is InChI=1S/C14H15ClFN3O/c1-9-17-14(20-18-9)8-19(10-5-6-10)7-11-12(15)3-2-4-13(11)16/h2-4,10H,5-8H2,1H3. The summed E-state index contributed by atoms with van der Waals surface area (Å²) < 4.78 is 19.0. The molecule has 0 amide bonds. The zero-order valence-corrected chi connectivity index (χ0v) is 11.9. The van der Waals surface area contributed by atoms with E-state index in [0.29, 0.717) is 41.4 Å². The zero-order chi connectivity index (χ0) is 14.1. The maximum absolute atomic E-state index is 13.9. The summed E-state index contributed by atoms with van der Waals surface area (Å²) in [7, 11) is 0. The molecule has 1 heterocycles. The van der Waals surface area contributed by atoms with Gasteiger partial charge in [-0.2, -0.15) is 4.98 Å². The molecule has 1 aliphatic rings. The lowest BCUT2D eigenvalue weighted by atomic mass is 10.2. The first-order valence-electron chi connectivity index (χ1n) is 6.59. The summed E-state index contributed by atoms with van der Waals surface area (Å²) in [4.78, 5) is 6.34. The van der Waals surface area contributed by atoms with Crippen LogP contribution in [0.5, 0.6) is 0 Å². The van der Waals surface area contributed by atoms with Crippen molar-refractivity contribution < 1.29 is 8.91 Å². The molecule has 2 aromatic rings. The van der Waals surface area contributed by atoms with Crippen LogP contribution in [0.25, 0.3) is 0 Å². The van der Waals surface area contributed by atoms with E-state index in [1.807, 2.05) is 0 Å². The van der Waals surface area contributed by atoms with Crippen LogP contribution in [0.1, 0.15) is 30.1 Å². The number of nitrogens with zero attached hydrogens (tertiary/aromatic N) is 3. The van der Waals surface area contributed by atoms with Crippen LogP contribution in [0.4, 0.5) is 4.39 Å². The third-order valence-corrected chi connectivity index (χ3v) is 3.75. The highest BCUT2D eigenvalue weighted by Crippen LogP contribution is 2.31. The Bertz CT molecular complexity index is 592. The van der Waals surface area contributed by atoms with E-state index >= 15 is 0 Å². The molecule has 1 fully saturated rings. The van der Waals surface area contributed by atoms with Gasteiger partial charge in [0.15, 0.2) is 5.82 Å². The van der Waals surface area contributed by atoms with Gasteiger partial charge in [-0.25, -0.2) is 4.39 Å². The molecular formula is C14H15ClFN3O. The molecule has 1 aliphatic carbocycles. The number of aromatic nitrogens is 2. The molecule has 1 aromatic carbocycles.